The Morgan fingerprint density at radius 2 is 2.11 bits per heavy atom. The number of rotatable bonds is 7. The van der Waals surface area contributed by atoms with Crippen LogP contribution >= 0.6 is 11.6 Å². The standard InChI is InChI=1S/C25H28ClFN4O5/c26-16-4-1-3-14-11-18(29-20(14)16)24(35)31-9-10-36-25(6-2-7-25)21(31)23(34)30-17(19(32)13-27)12-15-5-8-28-22(15)33/h1,3-4,11,15,17,21,29H,2,5-10,12-13H2,(H,28,33)(H,30,34)/t15-,17+,21-/m1/s1. The van der Waals surface area contributed by atoms with Crippen LogP contribution in [-0.4, -0.2) is 77.4 Å². The number of Topliss-reactive ketones (excluding diaryl/α,β-unsaturated/α-hetero) is 1. The zero-order valence-electron chi connectivity index (χ0n) is 19.6. The van der Waals surface area contributed by atoms with Crippen molar-refractivity contribution in [2.75, 3.05) is 26.4 Å². The molecular weight excluding hydrogens is 491 g/mol. The molecule has 3 N–H and O–H groups in total. The Bertz CT molecular complexity index is 1210. The molecule has 36 heavy (non-hydrogen) atoms. The molecule has 9 nitrogen and oxygen atoms in total. The molecule has 3 fully saturated rings. The molecular formula is C25H28ClFN4O5. The number of halogens is 2. The topological polar surface area (TPSA) is 121 Å². The highest BCUT2D eigenvalue weighted by molar-refractivity contribution is 6.35. The number of aromatic nitrogens is 1. The van der Waals surface area contributed by atoms with Gasteiger partial charge in [-0.1, -0.05) is 23.7 Å². The maximum atomic E-state index is 13.7. The van der Waals surface area contributed by atoms with Gasteiger partial charge in [-0.05, 0) is 44.2 Å². The molecule has 0 radical (unpaired) electrons. The normalized spacial score (nSPS) is 23.8. The predicted octanol–water partition coefficient (Wildman–Crippen LogP) is 2.13. The SMILES string of the molecule is O=C1NCC[C@@H]1C[C@H](NC(=O)[C@H]1N(C(=O)c2cc3cccc(Cl)c3[nH]2)CCOC12CCC2)C(=O)CF. The van der Waals surface area contributed by atoms with Crippen LogP contribution in [0, 0.1) is 5.92 Å². The van der Waals surface area contributed by atoms with Crippen LogP contribution in [0.15, 0.2) is 24.3 Å². The molecule has 0 bridgehead atoms. The van der Waals surface area contributed by atoms with E-state index in [-0.39, 0.29) is 37.1 Å². The molecule has 1 aliphatic carbocycles. The third-order valence-electron chi connectivity index (χ3n) is 7.60. The van der Waals surface area contributed by atoms with E-state index in [9.17, 15) is 23.6 Å². The number of carbonyl (C=O) groups is 4. The molecule has 3 atom stereocenters. The summed E-state index contributed by atoms with van der Waals surface area (Å²) >= 11 is 6.27. The van der Waals surface area contributed by atoms with Crippen LogP contribution in [0.1, 0.15) is 42.6 Å². The summed E-state index contributed by atoms with van der Waals surface area (Å²) in [5, 5.41) is 6.60. The van der Waals surface area contributed by atoms with E-state index in [0.717, 1.165) is 11.8 Å². The highest BCUT2D eigenvalue weighted by Gasteiger charge is 2.55. The first-order chi connectivity index (χ1) is 17.3. The van der Waals surface area contributed by atoms with Crippen LogP contribution in [0.3, 0.4) is 0 Å². The van der Waals surface area contributed by atoms with Crippen molar-refractivity contribution < 1.29 is 28.3 Å². The minimum Gasteiger partial charge on any atom is -0.370 e. The fraction of sp³-hybridized carbons (Fsp3) is 0.520. The number of fused-ring (bicyclic) bond motifs is 1. The number of hydrogen-bond donors (Lipinski definition) is 3. The predicted molar refractivity (Wildman–Crippen MR) is 129 cm³/mol. The Kier molecular flexibility index (Phi) is 6.74. The monoisotopic (exact) mass is 518 g/mol. The molecule has 0 unspecified atom stereocenters. The fourth-order valence-electron chi connectivity index (χ4n) is 5.54. The highest BCUT2D eigenvalue weighted by atomic mass is 35.5. The second-order valence-corrected chi connectivity index (χ2v) is 10.1. The number of nitrogens with zero attached hydrogens (tertiary/aromatic N) is 1. The van der Waals surface area contributed by atoms with Crippen LogP contribution in [-0.2, 0) is 19.1 Å². The molecule has 3 heterocycles. The van der Waals surface area contributed by atoms with E-state index in [4.69, 9.17) is 16.3 Å². The molecule has 1 aromatic heterocycles. The molecule has 11 heteroatoms. The summed E-state index contributed by atoms with van der Waals surface area (Å²) in [7, 11) is 0. The van der Waals surface area contributed by atoms with Crippen molar-refractivity contribution in [3.63, 3.8) is 0 Å². The minimum atomic E-state index is -1.26. The lowest BCUT2D eigenvalue weighted by Gasteiger charge is -2.53. The number of amides is 3. The molecule has 1 aromatic carbocycles. The molecule has 2 aliphatic heterocycles. The van der Waals surface area contributed by atoms with Crippen molar-refractivity contribution in [1.82, 2.24) is 20.5 Å². The Morgan fingerprint density at radius 3 is 2.75 bits per heavy atom. The average molecular weight is 519 g/mol. The summed E-state index contributed by atoms with van der Waals surface area (Å²) in [5.74, 6) is -2.47. The molecule has 5 rings (SSSR count). The number of benzene rings is 1. The zero-order chi connectivity index (χ0) is 25.4. The van der Waals surface area contributed by atoms with Gasteiger partial charge in [0.2, 0.25) is 11.8 Å². The number of hydrogen-bond acceptors (Lipinski definition) is 5. The van der Waals surface area contributed by atoms with E-state index in [2.05, 4.69) is 15.6 Å². The number of nitrogens with one attached hydrogen (secondary N) is 3. The van der Waals surface area contributed by atoms with E-state index in [0.29, 0.717) is 36.3 Å². The first-order valence-corrected chi connectivity index (χ1v) is 12.6. The van der Waals surface area contributed by atoms with Gasteiger partial charge in [0.05, 0.1) is 28.8 Å². The molecule has 2 saturated heterocycles. The quantitative estimate of drug-likeness (QED) is 0.518. The van der Waals surface area contributed by atoms with Crippen LogP contribution in [0.25, 0.3) is 10.9 Å². The van der Waals surface area contributed by atoms with Crippen LogP contribution < -0.4 is 10.6 Å². The molecule has 2 aromatic rings. The zero-order valence-corrected chi connectivity index (χ0v) is 20.4. The number of ether oxygens (including phenoxy) is 1. The van der Waals surface area contributed by atoms with Gasteiger partial charge in [-0.3, -0.25) is 19.2 Å². The van der Waals surface area contributed by atoms with Crippen molar-refractivity contribution in [3.8, 4) is 0 Å². The number of para-hydroxylation sites is 1. The number of aromatic amines is 1. The van der Waals surface area contributed by atoms with E-state index >= 15 is 0 Å². The highest BCUT2D eigenvalue weighted by Crippen LogP contribution is 2.43. The molecule has 1 saturated carbocycles. The lowest BCUT2D eigenvalue weighted by atomic mass is 9.72. The summed E-state index contributed by atoms with van der Waals surface area (Å²) < 4.78 is 19.4. The number of carbonyl (C=O) groups excluding carboxylic acids is 4. The smallest absolute Gasteiger partial charge is 0.271 e. The van der Waals surface area contributed by atoms with Gasteiger partial charge in [-0.25, -0.2) is 4.39 Å². The molecule has 3 aliphatic rings. The van der Waals surface area contributed by atoms with Crippen LogP contribution in [0.5, 0.6) is 0 Å². The number of morpholine rings is 1. The summed E-state index contributed by atoms with van der Waals surface area (Å²) in [5.41, 5.74) is 0.0419. The van der Waals surface area contributed by atoms with Crippen molar-refractivity contribution in [2.24, 2.45) is 5.92 Å². The number of alkyl halides is 1. The number of ketones is 1. The Balaban J connectivity index is 1.42. The van der Waals surface area contributed by atoms with Gasteiger partial charge in [0.1, 0.15) is 18.4 Å². The van der Waals surface area contributed by atoms with Gasteiger partial charge in [-0.2, -0.15) is 0 Å². The molecule has 192 valence electrons. The average Bonchev–Trinajstić information content (AvgIpc) is 3.48. The van der Waals surface area contributed by atoms with E-state index in [1.54, 1.807) is 18.2 Å². The van der Waals surface area contributed by atoms with E-state index in [1.807, 2.05) is 6.07 Å². The third kappa shape index (κ3) is 4.37. The largest absolute Gasteiger partial charge is 0.370 e. The minimum absolute atomic E-state index is 0.00929. The van der Waals surface area contributed by atoms with Gasteiger partial charge in [-0.15, -0.1) is 0 Å². The first kappa shape index (κ1) is 24.7. The molecule has 1 spiro atoms. The summed E-state index contributed by atoms with van der Waals surface area (Å²) in [6, 6.07) is 4.86. The van der Waals surface area contributed by atoms with Crippen LogP contribution in [0.2, 0.25) is 5.02 Å². The fourth-order valence-corrected chi connectivity index (χ4v) is 5.77. The third-order valence-corrected chi connectivity index (χ3v) is 7.91. The van der Waals surface area contributed by atoms with Gasteiger partial charge in [0, 0.05) is 24.4 Å². The Hall–Kier alpha value is -2.98. The van der Waals surface area contributed by atoms with Crippen molar-refractivity contribution in [1.29, 1.82) is 0 Å². The van der Waals surface area contributed by atoms with Gasteiger partial charge < -0.3 is 25.3 Å². The van der Waals surface area contributed by atoms with Crippen molar-refractivity contribution >= 4 is 46.0 Å². The van der Waals surface area contributed by atoms with Gasteiger partial charge in [0.25, 0.3) is 5.91 Å². The van der Waals surface area contributed by atoms with E-state index in [1.165, 1.54) is 4.90 Å². The second-order valence-electron chi connectivity index (χ2n) is 9.73. The number of H-pyrrole nitrogens is 1. The van der Waals surface area contributed by atoms with E-state index < -0.39 is 42.0 Å². The Morgan fingerprint density at radius 1 is 1.31 bits per heavy atom. The maximum Gasteiger partial charge on any atom is 0.271 e. The summed E-state index contributed by atoms with van der Waals surface area (Å²) in [4.78, 5) is 56.3. The summed E-state index contributed by atoms with van der Waals surface area (Å²) in [6.07, 6.45) is 2.52. The second kappa shape index (κ2) is 9.82. The lowest BCUT2D eigenvalue weighted by molar-refractivity contribution is -0.184. The maximum absolute atomic E-state index is 13.7. The lowest BCUT2D eigenvalue weighted by Crippen LogP contribution is -2.69. The van der Waals surface area contributed by atoms with Crippen molar-refractivity contribution in [3.05, 3.63) is 35.0 Å². The van der Waals surface area contributed by atoms with Gasteiger partial charge in [0.15, 0.2) is 5.78 Å². The molecule has 3 amide bonds. The Labute approximate surface area is 212 Å². The first-order valence-electron chi connectivity index (χ1n) is 12.2. The van der Waals surface area contributed by atoms with Gasteiger partial charge >= 0.3 is 0 Å². The van der Waals surface area contributed by atoms with Crippen LogP contribution in [0.4, 0.5) is 4.39 Å². The summed E-state index contributed by atoms with van der Waals surface area (Å²) in [6.45, 7) is -0.339. The van der Waals surface area contributed by atoms with Crippen molar-refractivity contribution in [2.45, 2.75) is 49.8 Å².